The number of rotatable bonds is 4. The Bertz CT molecular complexity index is 1230. The van der Waals surface area contributed by atoms with Gasteiger partial charge in [-0.25, -0.2) is 0 Å². The van der Waals surface area contributed by atoms with E-state index in [1.807, 2.05) is 12.1 Å². The molecule has 0 spiro atoms. The van der Waals surface area contributed by atoms with E-state index >= 15 is 0 Å². The molecule has 0 saturated heterocycles. The van der Waals surface area contributed by atoms with Crippen LogP contribution in [-0.2, 0) is 0 Å². The van der Waals surface area contributed by atoms with Crippen LogP contribution in [0.25, 0.3) is 20.2 Å². The van der Waals surface area contributed by atoms with Gasteiger partial charge in [0.2, 0.25) is 0 Å². The van der Waals surface area contributed by atoms with Crippen LogP contribution in [0.4, 0.5) is 24.5 Å². The SMILES string of the molecule is CN(c1ccccc1OC(F)(F)F)c1cccc2c1sc1c([Si](C)(C)C)cccc12. The summed E-state index contributed by atoms with van der Waals surface area (Å²) in [5.41, 5.74) is 1.22. The van der Waals surface area contributed by atoms with Crippen molar-refractivity contribution in [3.05, 3.63) is 60.7 Å². The molecule has 0 radical (unpaired) electrons. The Balaban J connectivity index is 1.91. The number of para-hydroxylation sites is 2. The summed E-state index contributed by atoms with van der Waals surface area (Å²) < 4.78 is 45.3. The lowest BCUT2D eigenvalue weighted by Crippen LogP contribution is -2.37. The van der Waals surface area contributed by atoms with Gasteiger partial charge in [0.05, 0.1) is 24.1 Å². The van der Waals surface area contributed by atoms with Crippen molar-refractivity contribution in [2.45, 2.75) is 26.0 Å². The molecule has 2 nitrogen and oxygen atoms in total. The Morgan fingerprint density at radius 1 is 0.800 bits per heavy atom. The van der Waals surface area contributed by atoms with Gasteiger partial charge in [-0.15, -0.1) is 24.5 Å². The number of halogens is 3. The fourth-order valence-electron chi connectivity index (χ4n) is 3.74. The summed E-state index contributed by atoms with van der Waals surface area (Å²) in [7, 11) is 0.222. The minimum atomic E-state index is -4.74. The molecule has 0 N–H and O–H groups in total. The molecular weight excluding hydrogens is 423 g/mol. The number of fused-ring (bicyclic) bond motifs is 3. The first-order valence-electron chi connectivity index (χ1n) is 9.59. The van der Waals surface area contributed by atoms with E-state index in [4.69, 9.17) is 0 Å². The molecule has 0 atom stereocenters. The van der Waals surface area contributed by atoms with Gasteiger partial charge in [-0.1, -0.05) is 62.1 Å². The van der Waals surface area contributed by atoms with Crippen LogP contribution in [-0.4, -0.2) is 21.5 Å². The lowest BCUT2D eigenvalue weighted by atomic mass is 10.1. The minimum absolute atomic E-state index is 0.214. The molecule has 1 aromatic heterocycles. The number of thiophene rings is 1. The number of benzene rings is 3. The van der Waals surface area contributed by atoms with Gasteiger partial charge in [0, 0.05) is 22.5 Å². The van der Waals surface area contributed by atoms with Gasteiger partial charge in [0.1, 0.15) is 0 Å². The summed E-state index contributed by atoms with van der Waals surface area (Å²) >= 11 is 1.71. The zero-order valence-electron chi connectivity index (χ0n) is 17.2. The van der Waals surface area contributed by atoms with Crippen LogP contribution in [0.2, 0.25) is 19.6 Å². The summed E-state index contributed by atoms with van der Waals surface area (Å²) in [6, 6.07) is 18.6. The zero-order valence-corrected chi connectivity index (χ0v) is 19.0. The van der Waals surface area contributed by atoms with Crippen molar-refractivity contribution in [2.75, 3.05) is 11.9 Å². The van der Waals surface area contributed by atoms with E-state index in [2.05, 4.69) is 48.6 Å². The number of hydrogen-bond donors (Lipinski definition) is 0. The average molecular weight is 446 g/mol. The highest BCUT2D eigenvalue weighted by atomic mass is 32.1. The lowest BCUT2D eigenvalue weighted by molar-refractivity contribution is -0.274. The van der Waals surface area contributed by atoms with Gasteiger partial charge < -0.3 is 9.64 Å². The second-order valence-electron chi connectivity index (χ2n) is 8.26. The third kappa shape index (κ3) is 3.79. The van der Waals surface area contributed by atoms with E-state index < -0.39 is 14.4 Å². The molecule has 156 valence electrons. The van der Waals surface area contributed by atoms with E-state index in [1.54, 1.807) is 41.5 Å². The van der Waals surface area contributed by atoms with Crippen molar-refractivity contribution >= 4 is 56.1 Å². The van der Waals surface area contributed by atoms with Crippen molar-refractivity contribution in [1.82, 2.24) is 0 Å². The summed E-state index contributed by atoms with van der Waals surface area (Å²) in [6.07, 6.45) is -4.74. The minimum Gasteiger partial charge on any atom is -0.404 e. The number of hydrogen-bond acceptors (Lipinski definition) is 3. The van der Waals surface area contributed by atoms with Crippen molar-refractivity contribution in [2.24, 2.45) is 0 Å². The molecule has 4 aromatic rings. The molecular formula is C23H22F3NOSSi. The molecule has 0 aliphatic heterocycles. The second-order valence-corrected chi connectivity index (χ2v) is 14.3. The predicted octanol–water partition coefficient (Wildman–Crippen LogP) is 7.27. The summed E-state index contributed by atoms with van der Waals surface area (Å²) in [4.78, 5) is 1.77. The molecule has 0 amide bonds. The van der Waals surface area contributed by atoms with Gasteiger partial charge in [0.15, 0.2) is 5.75 Å². The first kappa shape index (κ1) is 20.7. The zero-order chi connectivity index (χ0) is 21.7. The third-order valence-corrected chi connectivity index (χ3v) is 8.62. The molecule has 1 heterocycles. The Morgan fingerprint density at radius 2 is 1.40 bits per heavy atom. The fraction of sp³-hybridized carbons (Fsp3) is 0.217. The maximum Gasteiger partial charge on any atom is 0.573 e. The molecule has 30 heavy (non-hydrogen) atoms. The summed E-state index contributed by atoms with van der Waals surface area (Å²) in [5.74, 6) is -0.214. The molecule has 7 heteroatoms. The van der Waals surface area contributed by atoms with Gasteiger partial charge in [-0.05, 0) is 23.4 Å². The van der Waals surface area contributed by atoms with Crippen LogP contribution < -0.4 is 14.8 Å². The average Bonchev–Trinajstić information content (AvgIpc) is 3.04. The van der Waals surface area contributed by atoms with Crippen molar-refractivity contribution in [1.29, 1.82) is 0 Å². The van der Waals surface area contributed by atoms with Gasteiger partial charge in [-0.2, -0.15) is 0 Å². The lowest BCUT2D eigenvalue weighted by Gasteiger charge is -2.23. The Labute approximate surface area is 178 Å². The molecule has 0 saturated carbocycles. The smallest absolute Gasteiger partial charge is 0.404 e. The Hall–Kier alpha value is -2.51. The number of ether oxygens (including phenoxy) is 1. The molecule has 3 aromatic carbocycles. The third-order valence-electron chi connectivity index (χ3n) is 5.13. The Kier molecular flexibility index (Phi) is 5.06. The molecule has 0 aliphatic carbocycles. The van der Waals surface area contributed by atoms with Crippen LogP contribution in [0.15, 0.2) is 60.7 Å². The molecule has 0 aliphatic rings. The quantitative estimate of drug-likeness (QED) is 0.306. The first-order valence-corrected chi connectivity index (χ1v) is 13.9. The van der Waals surface area contributed by atoms with Crippen LogP contribution in [0, 0.1) is 0 Å². The van der Waals surface area contributed by atoms with Gasteiger partial charge >= 0.3 is 6.36 Å². The van der Waals surface area contributed by atoms with Crippen LogP contribution >= 0.6 is 11.3 Å². The van der Waals surface area contributed by atoms with Crippen molar-refractivity contribution in [3.63, 3.8) is 0 Å². The van der Waals surface area contributed by atoms with E-state index in [0.29, 0.717) is 5.69 Å². The second kappa shape index (κ2) is 7.32. The standard InChI is InChI=1S/C23H22F3NOSSi/c1-27(17-11-5-6-13-19(17)28-23(24,25)26)18-12-7-9-15-16-10-8-14-20(30(2,3)4)22(16)29-21(15)18/h5-14H,1-4H3. The number of alkyl halides is 3. The number of anilines is 2. The normalized spacial score (nSPS) is 12.5. The van der Waals surface area contributed by atoms with Gasteiger partial charge in [-0.3, -0.25) is 0 Å². The van der Waals surface area contributed by atoms with E-state index in [9.17, 15) is 13.2 Å². The van der Waals surface area contributed by atoms with Crippen molar-refractivity contribution in [3.8, 4) is 5.75 Å². The highest BCUT2D eigenvalue weighted by Gasteiger charge is 2.32. The largest absolute Gasteiger partial charge is 0.573 e. The monoisotopic (exact) mass is 445 g/mol. The van der Waals surface area contributed by atoms with Crippen LogP contribution in [0.3, 0.4) is 0 Å². The van der Waals surface area contributed by atoms with Gasteiger partial charge in [0.25, 0.3) is 0 Å². The molecule has 0 bridgehead atoms. The van der Waals surface area contributed by atoms with Crippen LogP contribution in [0.5, 0.6) is 5.75 Å². The highest BCUT2D eigenvalue weighted by molar-refractivity contribution is 7.28. The first-order chi connectivity index (χ1) is 14.1. The van der Waals surface area contributed by atoms with E-state index in [0.717, 1.165) is 15.8 Å². The number of nitrogens with zero attached hydrogens (tertiary/aromatic N) is 1. The molecule has 0 fully saturated rings. The fourth-order valence-corrected chi connectivity index (χ4v) is 7.49. The van der Waals surface area contributed by atoms with Crippen molar-refractivity contribution < 1.29 is 17.9 Å². The highest BCUT2D eigenvalue weighted by Crippen LogP contribution is 2.43. The Morgan fingerprint density at radius 3 is 2.07 bits per heavy atom. The van der Waals surface area contributed by atoms with E-state index in [1.165, 1.54) is 21.3 Å². The summed E-state index contributed by atoms with van der Waals surface area (Å²) in [6.45, 7) is 6.97. The maximum absolute atomic E-state index is 12.9. The maximum atomic E-state index is 12.9. The van der Waals surface area contributed by atoms with Crippen LogP contribution in [0.1, 0.15) is 0 Å². The van der Waals surface area contributed by atoms with E-state index in [-0.39, 0.29) is 5.75 Å². The predicted molar refractivity (Wildman–Crippen MR) is 123 cm³/mol. The summed E-state index contributed by atoms with van der Waals surface area (Å²) in [5, 5.41) is 3.72. The molecule has 0 unspecified atom stereocenters. The topological polar surface area (TPSA) is 12.5 Å². The molecule has 4 rings (SSSR count).